The van der Waals surface area contributed by atoms with Crippen molar-refractivity contribution in [3.8, 4) is 0 Å². The van der Waals surface area contributed by atoms with E-state index < -0.39 is 5.82 Å². The highest BCUT2D eigenvalue weighted by molar-refractivity contribution is 7.99. The van der Waals surface area contributed by atoms with Crippen molar-refractivity contribution in [2.24, 2.45) is 0 Å². The lowest BCUT2D eigenvalue weighted by Crippen LogP contribution is -1.96. The molecule has 0 unspecified atom stereocenters. The van der Waals surface area contributed by atoms with Gasteiger partial charge in [0.15, 0.2) is 16.1 Å². The molecule has 18 heavy (non-hydrogen) atoms. The second-order valence-electron chi connectivity index (χ2n) is 3.23. The van der Waals surface area contributed by atoms with Gasteiger partial charge in [-0.2, -0.15) is 0 Å². The van der Waals surface area contributed by atoms with Crippen LogP contribution in [0.15, 0.2) is 34.6 Å². The minimum atomic E-state index is -0.564. The molecular formula is C11H9ClFN3S2. The van der Waals surface area contributed by atoms with Gasteiger partial charge in [0.05, 0.1) is 5.69 Å². The Morgan fingerprint density at radius 1 is 1.33 bits per heavy atom. The molecule has 0 fully saturated rings. The van der Waals surface area contributed by atoms with Crippen molar-refractivity contribution >= 4 is 35.1 Å². The van der Waals surface area contributed by atoms with E-state index in [4.69, 9.17) is 11.6 Å². The Labute approximate surface area is 118 Å². The molecular weight excluding hydrogens is 293 g/mol. The van der Waals surface area contributed by atoms with Gasteiger partial charge in [0.2, 0.25) is 0 Å². The Morgan fingerprint density at radius 3 is 2.83 bits per heavy atom. The summed E-state index contributed by atoms with van der Waals surface area (Å²) in [5, 5.41) is 0.577. The number of hydrogen-bond acceptors (Lipinski definition) is 5. The largest absolute Gasteiger partial charge is 0.260 e. The molecule has 0 spiro atoms. The Hall–Kier alpha value is -0.850. The average Bonchev–Trinajstić information content (AvgIpc) is 2.41. The van der Waals surface area contributed by atoms with E-state index in [1.807, 2.05) is 18.2 Å². The number of hydrogen-bond donors (Lipinski definition) is 0. The highest BCUT2D eigenvalue weighted by Crippen LogP contribution is 2.26. The lowest BCUT2D eigenvalue weighted by molar-refractivity contribution is 0.568. The minimum absolute atomic E-state index is 0.141. The Kier molecular flexibility index (Phi) is 4.79. The molecule has 2 heterocycles. The van der Waals surface area contributed by atoms with Crippen molar-refractivity contribution in [3.05, 3.63) is 41.1 Å². The van der Waals surface area contributed by atoms with Gasteiger partial charge in [-0.1, -0.05) is 29.4 Å². The maximum Gasteiger partial charge on any atom is 0.192 e. The molecule has 0 bridgehead atoms. The van der Waals surface area contributed by atoms with Crippen molar-refractivity contribution in [1.82, 2.24) is 15.0 Å². The zero-order valence-electron chi connectivity index (χ0n) is 9.43. The summed E-state index contributed by atoms with van der Waals surface area (Å²) in [4.78, 5) is 12.2. The number of thioether (sulfide) groups is 2. The van der Waals surface area contributed by atoms with Crippen molar-refractivity contribution in [3.63, 3.8) is 0 Å². The van der Waals surface area contributed by atoms with Gasteiger partial charge in [0, 0.05) is 11.9 Å². The smallest absolute Gasteiger partial charge is 0.192 e. The molecule has 2 rings (SSSR count). The van der Waals surface area contributed by atoms with Gasteiger partial charge in [-0.25, -0.2) is 14.4 Å². The summed E-state index contributed by atoms with van der Waals surface area (Å²) in [5.41, 5.74) is 0.914. The van der Waals surface area contributed by atoms with Gasteiger partial charge < -0.3 is 0 Å². The molecule has 7 heteroatoms. The Morgan fingerprint density at radius 2 is 2.17 bits per heavy atom. The predicted octanol–water partition coefficient (Wildman–Crippen LogP) is 3.68. The minimum Gasteiger partial charge on any atom is -0.260 e. The quantitative estimate of drug-likeness (QED) is 0.489. The molecule has 0 amide bonds. The topological polar surface area (TPSA) is 38.7 Å². The maximum atomic E-state index is 13.4. The molecule has 0 aliphatic rings. The van der Waals surface area contributed by atoms with Crippen LogP contribution < -0.4 is 0 Å². The predicted molar refractivity (Wildman–Crippen MR) is 72.6 cm³/mol. The third kappa shape index (κ3) is 3.34. The molecule has 0 atom stereocenters. The third-order valence-electron chi connectivity index (χ3n) is 2.03. The number of aromatic nitrogens is 3. The van der Waals surface area contributed by atoms with E-state index in [1.54, 1.807) is 12.5 Å². The summed E-state index contributed by atoms with van der Waals surface area (Å²) in [6, 6.07) is 5.67. The summed E-state index contributed by atoms with van der Waals surface area (Å²) >= 11 is 8.29. The van der Waals surface area contributed by atoms with Crippen LogP contribution in [0.4, 0.5) is 4.39 Å². The van der Waals surface area contributed by atoms with Crippen LogP contribution in [0.2, 0.25) is 5.15 Å². The first kappa shape index (κ1) is 13.6. The third-order valence-corrected chi connectivity index (χ3v) is 3.82. The highest BCUT2D eigenvalue weighted by Gasteiger charge is 2.12. The molecule has 0 aliphatic heterocycles. The molecule has 2 aromatic rings. The summed E-state index contributed by atoms with van der Waals surface area (Å²) in [7, 11) is 0. The van der Waals surface area contributed by atoms with Gasteiger partial charge in [-0.15, -0.1) is 11.8 Å². The summed E-state index contributed by atoms with van der Waals surface area (Å²) in [6.07, 6.45) is 3.47. The lowest BCUT2D eigenvalue weighted by atomic mass is 10.4. The van der Waals surface area contributed by atoms with Crippen LogP contribution in [0.1, 0.15) is 5.69 Å². The number of rotatable bonds is 4. The zero-order valence-corrected chi connectivity index (χ0v) is 11.8. The molecule has 0 radical (unpaired) electrons. The number of halogens is 2. The molecule has 3 nitrogen and oxygen atoms in total. The SMILES string of the molecule is CSc1nc(SCc2ccccn2)nc(Cl)c1F. The van der Waals surface area contributed by atoms with Crippen molar-refractivity contribution < 1.29 is 4.39 Å². The van der Waals surface area contributed by atoms with E-state index in [1.165, 1.54) is 23.5 Å². The van der Waals surface area contributed by atoms with Gasteiger partial charge >= 0.3 is 0 Å². The van der Waals surface area contributed by atoms with E-state index >= 15 is 0 Å². The molecule has 94 valence electrons. The zero-order chi connectivity index (χ0) is 13.0. The van der Waals surface area contributed by atoms with Crippen LogP contribution in [0.3, 0.4) is 0 Å². The fraction of sp³-hybridized carbons (Fsp3) is 0.182. The van der Waals surface area contributed by atoms with E-state index in [2.05, 4.69) is 15.0 Å². The maximum absolute atomic E-state index is 13.4. The first-order chi connectivity index (χ1) is 8.70. The highest BCUT2D eigenvalue weighted by atomic mass is 35.5. The van der Waals surface area contributed by atoms with Crippen molar-refractivity contribution in [2.45, 2.75) is 15.9 Å². The van der Waals surface area contributed by atoms with Crippen LogP contribution in [0.5, 0.6) is 0 Å². The standard InChI is InChI=1S/C11H9ClFN3S2/c1-17-10-8(13)9(12)15-11(16-10)18-6-7-4-2-3-5-14-7/h2-5H,6H2,1H3. The van der Waals surface area contributed by atoms with Crippen LogP contribution in [0, 0.1) is 5.82 Å². The Balaban J connectivity index is 2.13. The van der Waals surface area contributed by atoms with E-state index in [0.717, 1.165) is 5.69 Å². The second-order valence-corrected chi connectivity index (χ2v) is 5.33. The summed E-state index contributed by atoms with van der Waals surface area (Å²) in [6.45, 7) is 0. The van der Waals surface area contributed by atoms with Gasteiger partial charge in [-0.3, -0.25) is 4.98 Å². The molecule has 0 saturated heterocycles. The van der Waals surface area contributed by atoms with Crippen molar-refractivity contribution in [2.75, 3.05) is 6.26 Å². The molecule has 2 aromatic heterocycles. The average molecular weight is 302 g/mol. The fourth-order valence-electron chi connectivity index (χ4n) is 1.20. The molecule has 0 saturated carbocycles. The number of nitrogens with zero attached hydrogens (tertiary/aromatic N) is 3. The first-order valence-corrected chi connectivity index (χ1v) is 7.59. The molecule has 0 N–H and O–H groups in total. The monoisotopic (exact) mass is 301 g/mol. The second kappa shape index (κ2) is 6.36. The van der Waals surface area contributed by atoms with E-state index in [0.29, 0.717) is 10.9 Å². The van der Waals surface area contributed by atoms with Gasteiger partial charge in [0.25, 0.3) is 0 Å². The molecule has 0 aromatic carbocycles. The number of pyridine rings is 1. The Bertz CT molecular complexity index is 539. The van der Waals surface area contributed by atoms with E-state index in [-0.39, 0.29) is 10.2 Å². The van der Waals surface area contributed by atoms with Gasteiger partial charge in [0.1, 0.15) is 5.03 Å². The summed E-state index contributed by atoms with van der Waals surface area (Å²) < 4.78 is 13.4. The van der Waals surface area contributed by atoms with Gasteiger partial charge in [-0.05, 0) is 18.4 Å². The van der Waals surface area contributed by atoms with Crippen LogP contribution >= 0.6 is 35.1 Å². The molecule has 0 aliphatic carbocycles. The van der Waals surface area contributed by atoms with Crippen LogP contribution in [0.25, 0.3) is 0 Å². The summed E-state index contributed by atoms with van der Waals surface area (Å²) in [5.74, 6) is 0.0581. The van der Waals surface area contributed by atoms with Crippen LogP contribution in [-0.4, -0.2) is 21.2 Å². The first-order valence-electron chi connectivity index (χ1n) is 5.00. The van der Waals surface area contributed by atoms with Crippen LogP contribution in [-0.2, 0) is 5.75 Å². The lowest BCUT2D eigenvalue weighted by Gasteiger charge is -2.04. The fourth-order valence-corrected chi connectivity index (χ4v) is 2.75. The normalized spacial score (nSPS) is 10.6. The van der Waals surface area contributed by atoms with E-state index in [9.17, 15) is 4.39 Å². The van der Waals surface area contributed by atoms with Crippen molar-refractivity contribution in [1.29, 1.82) is 0 Å².